The lowest BCUT2D eigenvalue weighted by molar-refractivity contribution is 0.327. The predicted octanol–water partition coefficient (Wildman–Crippen LogP) is 3.88. The van der Waals surface area contributed by atoms with Crippen molar-refractivity contribution in [1.82, 2.24) is 9.78 Å². The number of furan rings is 1. The monoisotopic (exact) mass is 293 g/mol. The maximum Gasteiger partial charge on any atom is 0.193 e. The van der Waals surface area contributed by atoms with E-state index in [9.17, 15) is 0 Å². The molecular formula is C15H20ClN3O. The third-order valence-corrected chi connectivity index (χ3v) is 4.20. The fourth-order valence-corrected chi connectivity index (χ4v) is 3.04. The molecule has 1 aliphatic rings. The normalized spacial score (nSPS) is 18.3. The molecule has 0 amide bonds. The van der Waals surface area contributed by atoms with Crippen LogP contribution >= 0.6 is 11.6 Å². The van der Waals surface area contributed by atoms with E-state index in [0.29, 0.717) is 23.4 Å². The summed E-state index contributed by atoms with van der Waals surface area (Å²) in [5.41, 5.74) is 7.14. The van der Waals surface area contributed by atoms with Crippen molar-refractivity contribution in [3.63, 3.8) is 0 Å². The lowest BCUT2D eigenvalue weighted by Crippen LogP contribution is -2.15. The highest BCUT2D eigenvalue weighted by Crippen LogP contribution is 2.28. The molecule has 20 heavy (non-hydrogen) atoms. The van der Waals surface area contributed by atoms with Gasteiger partial charge < -0.3 is 10.2 Å². The molecule has 1 fully saturated rings. The average Bonchev–Trinajstić information content (AvgIpc) is 3.09. The number of rotatable bonds is 4. The molecule has 0 aromatic carbocycles. The van der Waals surface area contributed by atoms with Gasteiger partial charge in [-0.15, -0.1) is 0 Å². The van der Waals surface area contributed by atoms with Crippen LogP contribution in [0.15, 0.2) is 28.8 Å². The average molecular weight is 294 g/mol. The van der Waals surface area contributed by atoms with Crippen molar-refractivity contribution in [3.8, 4) is 0 Å². The van der Waals surface area contributed by atoms with Crippen LogP contribution in [0.1, 0.15) is 55.6 Å². The zero-order valence-electron chi connectivity index (χ0n) is 11.5. The van der Waals surface area contributed by atoms with Crippen molar-refractivity contribution < 1.29 is 4.42 Å². The molecule has 0 spiro atoms. The van der Waals surface area contributed by atoms with Crippen molar-refractivity contribution >= 4 is 11.6 Å². The summed E-state index contributed by atoms with van der Waals surface area (Å²) in [7, 11) is 0. The Morgan fingerprint density at radius 1 is 1.30 bits per heavy atom. The van der Waals surface area contributed by atoms with Gasteiger partial charge in [-0.1, -0.05) is 19.3 Å². The fraction of sp³-hybridized carbons (Fsp3) is 0.533. The van der Waals surface area contributed by atoms with Crippen LogP contribution in [0.25, 0.3) is 0 Å². The molecule has 1 saturated carbocycles. The van der Waals surface area contributed by atoms with Crippen molar-refractivity contribution in [2.24, 2.45) is 5.73 Å². The molecular weight excluding hydrogens is 274 g/mol. The van der Waals surface area contributed by atoms with E-state index < -0.39 is 0 Å². The molecule has 108 valence electrons. The minimum absolute atomic E-state index is 0.197. The Morgan fingerprint density at radius 2 is 2.10 bits per heavy atom. The molecule has 1 atom stereocenters. The molecule has 0 aliphatic heterocycles. The van der Waals surface area contributed by atoms with E-state index in [1.54, 1.807) is 6.07 Å². The Morgan fingerprint density at radius 3 is 2.80 bits per heavy atom. The van der Waals surface area contributed by atoms with Crippen molar-refractivity contribution in [2.45, 2.75) is 50.6 Å². The van der Waals surface area contributed by atoms with Crippen LogP contribution in [0, 0.1) is 0 Å². The molecule has 4 nitrogen and oxygen atoms in total. The van der Waals surface area contributed by atoms with E-state index in [4.69, 9.17) is 21.8 Å². The molecule has 2 N–H and O–H groups in total. The first-order chi connectivity index (χ1) is 9.72. The van der Waals surface area contributed by atoms with E-state index in [-0.39, 0.29) is 6.04 Å². The van der Waals surface area contributed by atoms with Crippen LogP contribution in [-0.4, -0.2) is 9.78 Å². The molecule has 3 rings (SSSR count). The van der Waals surface area contributed by atoms with Gasteiger partial charge in [0, 0.05) is 12.6 Å². The Balaban J connectivity index is 1.64. The summed E-state index contributed by atoms with van der Waals surface area (Å²) >= 11 is 5.77. The molecule has 1 aliphatic carbocycles. The largest absolute Gasteiger partial charge is 0.448 e. The SMILES string of the molecule is NC(Cc1ccn(C2CCCCC2)n1)c1ccc(Cl)o1. The zero-order valence-corrected chi connectivity index (χ0v) is 12.2. The van der Waals surface area contributed by atoms with E-state index in [1.807, 2.05) is 6.07 Å². The quantitative estimate of drug-likeness (QED) is 0.931. The van der Waals surface area contributed by atoms with Crippen molar-refractivity contribution in [3.05, 3.63) is 41.1 Å². The van der Waals surface area contributed by atoms with Crippen LogP contribution < -0.4 is 5.73 Å². The van der Waals surface area contributed by atoms with Gasteiger partial charge in [0.25, 0.3) is 0 Å². The maximum absolute atomic E-state index is 6.13. The van der Waals surface area contributed by atoms with E-state index in [2.05, 4.69) is 22.0 Å². The van der Waals surface area contributed by atoms with Gasteiger partial charge in [-0.3, -0.25) is 4.68 Å². The van der Waals surface area contributed by atoms with Gasteiger partial charge in [-0.05, 0) is 42.6 Å². The highest BCUT2D eigenvalue weighted by atomic mass is 35.5. The van der Waals surface area contributed by atoms with Gasteiger partial charge in [0.05, 0.1) is 17.8 Å². The van der Waals surface area contributed by atoms with E-state index in [0.717, 1.165) is 5.69 Å². The molecule has 0 saturated heterocycles. The van der Waals surface area contributed by atoms with Gasteiger partial charge in [0.2, 0.25) is 0 Å². The standard InChI is InChI=1S/C15H20ClN3O/c16-15-7-6-14(20-15)13(17)10-11-8-9-19(18-11)12-4-2-1-3-5-12/h6-9,12-13H,1-5,10,17H2. The third kappa shape index (κ3) is 3.07. The summed E-state index contributed by atoms with van der Waals surface area (Å²) in [6.07, 6.45) is 9.20. The van der Waals surface area contributed by atoms with Crippen molar-refractivity contribution in [2.75, 3.05) is 0 Å². The second-order valence-electron chi connectivity index (χ2n) is 5.53. The highest BCUT2D eigenvalue weighted by molar-refractivity contribution is 6.28. The Labute approximate surface area is 123 Å². The topological polar surface area (TPSA) is 57.0 Å². The van der Waals surface area contributed by atoms with Gasteiger partial charge in [0.15, 0.2) is 5.22 Å². The number of nitrogens with two attached hydrogens (primary N) is 1. The first kappa shape index (κ1) is 13.7. The summed E-state index contributed by atoms with van der Waals surface area (Å²) in [4.78, 5) is 0. The molecule has 5 heteroatoms. The molecule has 1 unspecified atom stereocenters. The third-order valence-electron chi connectivity index (χ3n) is 4.00. The van der Waals surface area contributed by atoms with Crippen LogP contribution in [0.5, 0.6) is 0 Å². The Hall–Kier alpha value is -1.26. The molecule has 0 radical (unpaired) electrons. The summed E-state index contributed by atoms with van der Waals surface area (Å²) in [5.74, 6) is 0.710. The maximum atomic E-state index is 6.13. The predicted molar refractivity (Wildman–Crippen MR) is 78.7 cm³/mol. The summed E-state index contributed by atoms with van der Waals surface area (Å²) in [5, 5.41) is 5.05. The molecule has 0 bridgehead atoms. The minimum atomic E-state index is -0.197. The van der Waals surface area contributed by atoms with Gasteiger partial charge >= 0.3 is 0 Å². The zero-order chi connectivity index (χ0) is 13.9. The number of nitrogens with zero attached hydrogens (tertiary/aromatic N) is 2. The van der Waals surface area contributed by atoms with Crippen LogP contribution in [-0.2, 0) is 6.42 Å². The van der Waals surface area contributed by atoms with Gasteiger partial charge in [-0.2, -0.15) is 5.10 Å². The second kappa shape index (κ2) is 6.02. The van der Waals surface area contributed by atoms with E-state index in [1.165, 1.54) is 32.1 Å². The summed E-state index contributed by atoms with van der Waals surface area (Å²) < 4.78 is 7.45. The number of hydrogen-bond acceptors (Lipinski definition) is 3. The van der Waals surface area contributed by atoms with Crippen LogP contribution in [0.3, 0.4) is 0 Å². The van der Waals surface area contributed by atoms with Crippen LogP contribution in [0.2, 0.25) is 5.22 Å². The summed E-state index contributed by atoms with van der Waals surface area (Å²) in [6, 6.07) is 5.96. The molecule has 2 aromatic rings. The lowest BCUT2D eigenvalue weighted by atomic mass is 9.96. The fourth-order valence-electron chi connectivity index (χ4n) is 2.89. The lowest BCUT2D eigenvalue weighted by Gasteiger charge is -2.21. The minimum Gasteiger partial charge on any atom is -0.448 e. The second-order valence-corrected chi connectivity index (χ2v) is 5.90. The first-order valence-corrected chi connectivity index (χ1v) is 7.65. The number of aromatic nitrogens is 2. The number of halogens is 1. The molecule has 2 aromatic heterocycles. The Bertz CT molecular complexity index is 557. The van der Waals surface area contributed by atoms with E-state index >= 15 is 0 Å². The Kier molecular flexibility index (Phi) is 4.13. The number of hydrogen-bond donors (Lipinski definition) is 1. The summed E-state index contributed by atoms with van der Waals surface area (Å²) in [6.45, 7) is 0. The smallest absolute Gasteiger partial charge is 0.193 e. The van der Waals surface area contributed by atoms with Gasteiger partial charge in [-0.25, -0.2) is 0 Å². The first-order valence-electron chi connectivity index (χ1n) is 7.27. The van der Waals surface area contributed by atoms with Crippen molar-refractivity contribution in [1.29, 1.82) is 0 Å². The van der Waals surface area contributed by atoms with Crippen LogP contribution in [0.4, 0.5) is 0 Å². The highest BCUT2D eigenvalue weighted by Gasteiger charge is 2.17. The molecule has 2 heterocycles. The van der Waals surface area contributed by atoms with Gasteiger partial charge in [0.1, 0.15) is 5.76 Å².